The summed E-state index contributed by atoms with van der Waals surface area (Å²) in [6.07, 6.45) is 0. The van der Waals surface area contributed by atoms with Gasteiger partial charge in [-0.25, -0.2) is 18.2 Å². The second-order valence-corrected chi connectivity index (χ2v) is 6.23. The molecule has 3 rings (SSSR count). The molecule has 1 amide bonds. The van der Waals surface area contributed by atoms with E-state index in [0.717, 1.165) is 35.6 Å². The van der Waals surface area contributed by atoms with E-state index in [1.54, 1.807) is 5.38 Å². The van der Waals surface area contributed by atoms with Gasteiger partial charge in [0.15, 0.2) is 34.9 Å². The molecule has 0 aliphatic carbocycles. The number of nitro groups is 1. The Labute approximate surface area is 159 Å². The summed E-state index contributed by atoms with van der Waals surface area (Å²) in [5.41, 5.74) is 0.225. The van der Waals surface area contributed by atoms with Crippen molar-refractivity contribution >= 4 is 28.1 Å². The number of benzene rings is 2. The maximum absolute atomic E-state index is 13.7. The number of thiazole rings is 1. The van der Waals surface area contributed by atoms with E-state index in [2.05, 4.69) is 10.3 Å². The first-order valence-corrected chi connectivity index (χ1v) is 8.49. The first kappa shape index (κ1) is 19.3. The Morgan fingerprint density at radius 1 is 1.14 bits per heavy atom. The fraction of sp³-hybridized carbons (Fsp3) is 0.0588. The fourth-order valence-corrected chi connectivity index (χ4v) is 2.87. The highest BCUT2D eigenvalue weighted by atomic mass is 32.1. The molecule has 0 radical (unpaired) electrons. The third kappa shape index (κ3) is 4.43. The number of ether oxygens (including phenoxy) is 1. The molecule has 144 valence electrons. The van der Waals surface area contributed by atoms with Crippen molar-refractivity contribution in [3.05, 3.63) is 69.3 Å². The second-order valence-electron chi connectivity index (χ2n) is 5.38. The van der Waals surface area contributed by atoms with Gasteiger partial charge in [-0.3, -0.25) is 20.2 Å². The molecule has 1 heterocycles. The largest absolute Gasteiger partial charge is 0.481 e. The Morgan fingerprint density at radius 2 is 1.93 bits per heavy atom. The third-order valence-corrected chi connectivity index (χ3v) is 4.21. The number of aromatic nitrogens is 1. The number of non-ortho nitro benzene ring substituents is 1. The van der Waals surface area contributed by atoms with Crippen LogP contribution in [0.1, 0.15) is 0 Å². The van der Waals surface area contributed by atoms with Gasteiger partial charge >= 0.3 is 0 Å². The first-order chi connectivity index (χ1) is 13.3. The van der Waals surface area contributed by atoms with E-state index in [1.807, 2.05) is 0 Å². The van der Waals surface area contributed by atoms with E-state index < -0.39 is 40.6 Å². The van der Waals surface area contributed by atoms with E-state index in [-0.39, 0.29) is 10.9 Å². The Bertz CT molecular complexity index is 1060. The van der Waals surface area contributed by atoms with Gasteiger partial charge in [0, 0.05) is 17.0 Å². The van der Waals surface area contributed by atoms with Crippen LogP contribution in [0.5, 0.6) is 5.75 Å². The maximum Gasteiger partial charge on any atom is 0.272 e. The summed E-state index contributed by atoms with van der Waals surface area (Å²) in [6.45, 7) is -0.561. The monoisotopic (exact) mass is 409 g/mol. The van der Waals surface area contributed by atoms with Gasteiger partial charge in [0.1, 0.15) is 0 Å². The molecule has 0 aliphatic heterocycles. The van der Waals surface area contributed by atoms with Crippen molar-refractivity contribution in [2.24, 2.45) is 0 Å². The zero-order valence-electron chi connectivity index (χ0n) is 13.8. The van der Waals surface area contributed by atoms with E-state index in [9.17, 15) is 28.1 Å². The third-order valence-electron chi connectivity index (χ3n) is 3.45. The standard InChI is InChI=1S/C17H10F3N3O4S/c18-11-3-1-9(5-12(11)19)14-8-28-17(21-14)22-16(24)7-27-15-4-2-10(23(25)26)6-13(15)20/h1-6,8H,7H2,(H,21,22,24). The van der Waals surface area contributed by atoms with E-state index in [1.165, 1.54) is 6.07 Å². The molecule has 3 aromatic rings. The molecular weight excluding hydrogens is 399 g/mol. The molecule has 0 saturated heterocycles. The van der Waals surface area contributed by atoms with Gasteiger partial charge in [-0.1, -0.05) is 0 Å². The lowest BCUT2D eigenvalue weighted by atomic mass is 10.2. The molecule has 2 aromatic carbocycles. The Morgan fingerprint density at radius 3 is 2.61 bits per heavy atom. The van der Waals surface area contributed by atoms with Crippen molar-refractivity contribution in [3.8, 4) is 17.0 Å². The number of hydrogen-bond acceptors (Lipinski definition) is 6. The minimum atomic E-state index is -1.02. The summed E-state index contributed by atoms with van der Waals surface area (Å²) in [4.78, 5) is 25.8. The molecule has 0 fully saturated rings. The van der Waals surface area contributed by atoms with Crippen LogP contribution in [0.15, 0.2) is 41.8 Å². The highest BCUT2D eigenvalue weighted by Crippen LogP contribution is 2.26. The number of nitrogens with zero attached hydrogens (tertiary/aromatic N) is 2. The average Bonchev–Trinajstić information content (AvgIpc) is 3.11. The molecular formula is C17H10F3N3O4S. The van der Waals surface area contributed by atoms with Crippen LogP contribution in [0.25, 0.3) is 11.3 Å². The summed E-state index contributed by atoms with van der Waals surface area (Å²) in [5.74, 6) is -3.94. The van der Waals surface area contributed by atoms with Crippen LogP contribution in [-0.4, -0.2) is 22.4 Å². The van der Waals surface area contributed by atoms with Crippen LogP contribution in [-0.2, 0) is 4.79 Å². The van der Waals surface area contributed by atoms with Crippen LogP contribution in [0, 0.1) is 27.6 Å². The van der Waals surface area contributed by atoms with Crippen LogP contribution in [0.3, 0.4) is 0 Å². The number of anilines is 1. The van der Waals surface area contributed by atoms with Crippen molar-refractivity contribution < 1.29 is 27.6 Å². The molecule has 0 bridgehead atoms. The number of hydrogen-bond donors (Lipinski definition) is 1. The molecule has 0 saturated carbocycles. The molecule has 1 aromatic heterocycles. The van der Waals surface area contributed by atoms with Crippen LogP contribution < -0.4 is 10.1 Å². The molecule has 0 spiro atoms. The van der Waals surface area contributed by atoms with Crippen molar-refractivity contribution in [3.63, 3.8) is 0 Å². The number of carbonyl (C=O) groups excluding carboxylic acids is 1. The van der Waals surface area contributed by atoms with E-state index in [4.69, 9.17) is 4.74 Å². The minimum absolute atomic E-state index is 0.178. The number of carbonyl (C=O) groups is 1. The molecule has 1 N–H and O–H groups in total. The number of amides is 1. The maximum atomic E-state index is 13.7. The Balaban J connectivity index is 1.60. The van der Waals surface area contributed by atoms with Gasteiger partial charge in [-0.2, -0.15) is 0 Å². The zero-order chi connectivity index (χ0) is 20.3. The van der Waals surface area contributed by atoms with Gasteiger partial charge < -0.3 is 4.74 Å². The molecule has 28 heavy (non-hydrogen) atoms. The summed E-state index contributed by atoms with van der Waals surface area (Å²) in [5, 5.41) is 14.7. The molecule has 11 heteroatoms. The number of rotatable bonds is 6. The summed E-state index contributed by atoms with van der Waals surface area (Å²) in [7, 11) is 0. The molecule has 0 aliphatic rings. The highest BCUT2D eigenvalue weighted by Gasteiger charge is 2.14. The first-order valence-electron chi connectivity index (χ1n) is 7.61. The topological polar surface area (TPSA) is 94.4 Å². The highest BCUT2D eigenvalue weighted by molar-refractivity contribution is 7.14. The molecule has 7 nitrogen and oxygen atoms in total. The van der Waals surface area contributed by atoms with E-state index >= 15 is 0 Å². The quantitative estimate of drug-likeness (QED) is 0.488. The molecule has 0 unspecified atom stereocenters. The summed E-state index contributed by atoms with van der Waals surface area (Å²) in [6, 6.07) is 6.07. The average molecular weight is 409 g/mol. The lowest BCUT2D eigenvalue weighted by Gasteiger charge is -2.06. The summed E-state index contributed by atoms with van der Waals surface area (Å²) >= 11 is 1.05. The van der Waals surface area contributed by atoms with Crippen molar-refractivity contribution in [1.29, 1.82) is 0 Å². The zero-order valence-corrected chi connectivity index (χ0v) is 14.6. The van der Waals surface area contributed by atoms with Gasteiger partial charge in [0.05, 0.1) is 16.7 Å². The lowest BCUT2D eigenvalue weighted by Crippen LogP contribution is -2.20. The van der Waals surface area contributed by atoms with Crippen LogP contribution in [0.4, 0.5) is 24.0 Å². The predicted molar refractivity (Wildman–Crippen MR) is 94.6 cm³/mol. The predicted octanol–water partition coefficient (Wildman–Crippen LogP) is 4.15. The number of nitro benzene ring substituents is 1. The van der Waals surface area contributed by atoms with Gasteiger partial charge in [0.25, 0.3) is 11.6 Å². The molecule has 0 atom stereocenters. The Kier molecular flexibility index (Phi) is 5.54. The van der Waals surface area contributed by atoms with Crippen molar-refractivity contribution in [1.82, 2.24) is 4.98 Å². The van der Waals surface area contributed by atoms with Crippen molar-refractivity contribution in [2.75, 3.05) is 11.9 Å². The smallest absolute Gasteiger partial charge is 0.272 e. The second kappa shape index (κ2) is 8.05. The van der Waals surface area contributed by atoms with E-state index in [0.29, 0.717) is 17.3 Å². The number of nitrogens with one attached hydrogen (secondary N) is 1. The SMILES string of the molecule is O=C(COc1ccc([N+](=O)[O-])cc1F)Nc1nc(-c2ccc(F)c(F)c2)cs1. The van der Waals surface area contributed by atoms with Crippen molar-refractivity contribution in [2.45, 2.75) is 0 Å². The van der Waals surface area contributed by atoms with Crippen LogP contribution >= 0.6 is 11.3 Å². The normalized spacial score (nSPS) is 10.5. The Hall–Kier alpha value is -3.47. The fourth-order valence-electron chi connectivity index (χ4n) is 2.14. The van der Waals surface area contributed by atoms with Gasteiger partial charge in [-0.05, 0) is 24.3 Å². The lowest BCUT2D eigenvalue weighted by molar-refractivity contribution is -0.385. The van der Waals surface area contributed by atoms with Gasteiger partial charge in [0.2, 0.25) is 0 Å². The minimum Gasteiger partial charge on any atom is -0.481 e. The summed E-state index contributed by atoms with van der Waals surface area (Å²) < 4.78 is 45.0. The van der Waals surface area contributed by atoms with Gasteiger partial charge in [-0.15, -0.1) is 11.3 Å². The van der Waals surface area contributed by atoms with Crippen LogP contribution in [0.2, 0.25) is 0 Å². The number of halogens is 3.